The topological polar surface area (TPSA) is 187 Å². The second kappa shape index (κ2) is 12.0. The Labute approximate surface area is 257 Å². The summed E-state index contributed by atoms with van der Waals surface area (Å²) in [6.07, 6.45) is 1.38. The third-order valence-corrected chi connectivity index (χ3v) is 8.42. The molecular formula is C27H23ClFN9O5S. The SMILES string of the molecule is NC(=O)C1=NN(CC(=O)N2C[C@H]2C(=O)Nc2cccc(-c3ccccc3Cl)c2F)C2SC(NC(=O)NCc3ccon3)=NC12. The van der Waals surface area contributed by atoms with E-state index in [0.29, 0.717) is 16.3 Å². The number of amidine groups is 1. The highest BCUT2D eigenvalue weighted by atomic mass is 35.5. The summed E-state index contributed by atoms with van der Waals surface area (Å²) in [5.74, 6) is -2.48. The number of nitrogens with one attached hydrogen (secondary N) is 3. The van der Waals surface area contributed by atoms with Gasteiger partial charge in [0.1, 0.15) is 36.0 Å². The van der Waals surface area contributed by atoms with Crippen LogP contribution in [0.2, 0.25) is 5.02 Å². The molecule has 3 aliphatic heterocycles. The highest BCUT2D eigenvalue weighted by Gasteiger charge is 2.49. The third-order valence-electron chi connectivity index (χ3n) is 6.92. The third kappa shape index (κ3) is 5.93. The molecule has 3 aromatic rings. The van der Waals surface area contributed by atoms with Gasteiger partial charge in [-0.3, -0.25) is 24.7 Å². The average Bonchev–Trinajstić information content (AvgIpc) is 3.26. The standard InChI is InChI=1S/C27H23ClFN9O5S/c28-16-6-2-1-4-14(16)15-5-3-7-17(20(15)29)32-24(41)18-11-37(18)19(39)12-38-25-22(21(35-38)23(30)40)33-27(44-25)34-26(42)31-10-13-8-9-43-36-13/h1-9,18,22,25H,10-12H2,(H2,30,40)(H,32,41)(H2,31,33,34,42)/t18-,22?,25?,37?/m0/s1. The van der Waals surface area contributed by atoms with Gasteiger partial charge in [-0.25, -0.2) is 14.2 Å². The van der Waals surface area contributed by atoms with Gasteiger partial charge in [0.05, 0.1) is 18.8 Å². The van der Waals surface area contributed by atoms with E-state index < -0.39 is 47.0 Å². The number of aromatic nitrogens is 1. The van der Waals surface area contributed by atoms with E-state index in [9.17, 15) is 19.2 Å². The van der Waals surface area contributed by atoms with Crippen molar-refractivity contribution in [2.45, 2.75) is 24.0 Å². The molecule has 5 N–H and O–H groups in total. The van der Waals surface area contributed by atoms with Crippen LogP contribution in [0.4, 0.5) is 14.9 Å². The number of rotatable bonds is 8. The van der Waals surface area contributed by atoms with Gasteiger partial charge in [0, 0.05) is 22.2 Å². The molecule has 2 aromatic carbocycles. The van der Waals surface area contributed by atoms with Crippen molar-refractivity contribution < 1.29 is 28.1 Å². The largest absolute Gasteiger partial charge is 0.364 e. The highest BCUT2D eigenvalue weighted by Crippen LogP contribution is 2.36. The zero-order valence-corrected chi connectivity index (χ0v) is 24.1. The number of halogens is 2. The van der Waals surface area contributed by atoms with E-state index in [0.717, 1.165) is 11.8 Å². The molecule has 4 heterocycles. The molecule has 0 spiro atoms. The van der Waals surface area contributed by atoms with E-state index in [2.05, 4.69) is 31.2 Å². The summed E-state index contributed by atoms with van der Waals surface area (Å²) in [5, 5.41) is 16.9. The highest BCUT2D eigenvalue weighted by molar-refractivity contribution is 8.14. The number of primary amides is 1. The molecule has 2 unspecified atom stereocenters. The van der Waals surface area contributed by atoms with Gasteiger partial charge in [0.15, 0.2) is 16.7 Å². The fourth-order valence-corrected chi connectivity index (χ4v) is 6.05. The number of carbonyl (C=O) groups is 4. The van der Waals surface area contributed by atoms with E-state index in [1.165, 1.54) is 22.2 Å². The molecule has 14 nitrogen and oxygen atoms in total. The van der Waals surface area contributed by atoms with Crippen LogP contribution in [0.3, 0.4) is 0 Å². The Morgan fingerprint density at radius 3 is 2.64 bits per heavy atom. The Bertz CT molecular complexity index is 1720. The van der Waals surface area contributed by atoms with Crippen molar-refractivity contribution in [3.05, 3.63) is 71.3 Å². The van der Waals surface area contributed by atoms with Gasteiger partial charge in [0.2, 0.25) is 11.8 Å². The predicted molar refractivity (Wildman–Crippen MR) is 159 cm³/mol. The van der Waals surface area contributed by atoms with Crippen molar-refractivity contribution in [3.8, 4) is 11.1 Å². The molecule has 0 bridgehead atoms. The molecule has 6 rings (SSSR count). The average molecular weight is 640 g/mol. The number of nitrogens with two attached hydrogens (primary N) is 1. The number of benzene rings is 2. The van der Waals surface area contributed by atoms with Gasteiger partial charge in [-0.2, -0.15) is 5.10 Å². The molecule has 0 radical (unpaired) electrons. The van der Waals surface area contributed by atoms with Crippen LogP contribution in [0, 0.1) is 5.82 Å². The second-order valence-corrected chi connectivity index (χ2v) is 11.3. The van der Waals surface area contributed by atoms with E-state index in [-0.39, 0.29) is 41.8 Å². The summed E-state index contributed by atoms with van der Waals surface area (Å²) in [6, 6.07) is 10.7. The Morgan fingerprint density at radius 2 is 1.89 bits per heavy atom. The smallest absolute Gasteiger partial charge is 0.321 e. The monoisotopic (exact) mass is 639 g/mol. The second-order valence-electron chi connectivity index (χ2n) is 9.83. The van der Waals surface area contributed by atoms with Crippen molar-refractivity contribution in [1.29, 1.82) is 0 Å². The lowest BCUT2D eigenvalue weighted by atomic mass is 10.0. The van der Waals surface area contributed by atoms with Crippen LogP contribution < -0.4 is 21.7 Å². The minimum absolute atomic E-state index is 0.0468. The molecule has 0 aliphatic carbocycles. The number of carbonyl (C=O) groups excluding carboxylic acids is 4. The Morgan fingerprint density at radius 1 is 1.09 bits per heavy atom. The molecule has 0 saturated carbocycles. The quantitative estimate of drug-likeness (QED) is 0.268. The number of hydrogen-bond donors (Lipinski definition) is 4. The predicted octanol–water partition coefficient (Wildman–Crippen LogP) is 1.74. The summed E-state index contributed by atoms with van der Waals surface area (Å²) in [7, 11) is 0. The Balaban J connectivity index is 1.05. The van der Waals surface area contributed by atoms with Gasteiger partial charge >= 0.3 is 6.03 Å². The van der Waals surface area contributed by atoms with Crippen molar-refractivity contribution >= 4 is 63.7 Å². The number of thioether (sulfide) groups is 1. The number of aliphatic imine (C=N–C) groups is 1. The minimum Gasteiger partial charge on any atom is -0.364 e. The fourth-order valence-electron chi connectivity index (χ4n) is 4.70. The number of hydrogen-bond acceptors (Lipinski definition) is 10. The fraction of sp³-hybridized carbons (Fsp3) is 0.222. The number of urea groups is 1. The summed E-state index contributed by atoms with van der Waals surface area (Å²) in [5.41, 5.74) is 6.60. The normalized spacial score (nSPS) is 20.0. The first-order valence-corrected chi connectivity index (χ1v) is 14.4. The lowest BCUT2D eigenvalue weighted by Crippen LogP contribution is -2.39. The number of nitrogens with zero attached hydrogens (tertiary/aromatic N) is 5. The van der Waals surface area contributed by atoms with Gasteiger partial charge in [0.25, 0.3) is 5.91 Å². The Kier molecular flexibility index (Phi) is 7.92. The van der Waals surface area contributed by atoms with Gasteiger partial charge in [-0.15, -0.1) is 0 Å². The van der Waals surface area contributed by atoms with Gasteiger partial charge in [-0.1, -0.05) is 58.9 Å². The van der Waals surface area contributed by atoms with E-state index >= 15 is 4.39 Å². The first-order valence-electron chi connectivity index (χ1n) is 13.2. The Hall–Kier alpha value is -4.96. The lowest BCUT2D eigenvalue weighted by Gasteiger charge is -2.21. The molecule has 44 heavy (non-hydrogen) atoms. The maximum atomic E-state index is 15.3. The molecule has 1 saturated heterocycles. The molecule has 17 heteroatoms. The molecule has 5 amide bonds. The zero-order valence-electron chi connectivity index (χ0n) is 22.6. The number of amides is 5. The van der Waals surface area contributed by atoms with Crippen molar-refractivity contribution in [1.82, 2.24) is 25.7 Å². The van der Waals surface area contributed by atoms with Crippen LogP contribution >= 0.6 is 23.4 Å². The van der Waals surface area contributed by atoms with Crippen molar-refractivity contribution in [2.24, 2.45) is 15.8 Å². The lowest BCUT2D eigenvalue weighted by molar-refractivity contribution is -0.129. The van der Waals surface area contributed by atoms with Crippen LogP contribution in [0.5, 0.6) is 0 Å². The van der Waals surface area contributed by atoms with E-state index in [1.54, 1.807) is 42.5 Å². The van der Waals surface area contributed by atoms with Gasteiger partial charge < -0.3 is 25.8 Å². The van der Waals surface area contributed by atoms with E-state index in [1.807, 2.05) is 0 Å². The molecule has 3 aliphatic rings. The van der Waals surface area contributed by atoms with Crippen LogP contribution in [-0.4, -0.2) is 80.2 Å². The number of anilines is 1. The first kappa shape index (κ1) is 29.1. The van der Waals surface area contributed by atoms with E-state index in [4.69, 9.17) is 21.9 Å². The zero-order chi connectivity index (χ0) is 31.0. The molecular weight excluding hydrogens is 617 g/mol. The maximum absolute atomic E-state index is 15.3. The van der Waals surface area contributed by atoms with Crippen molar-refractivity contribution in [2.75, 3.05) is 18.4 Å². The molecule has 1 aromatic heterocycles. The van der Waals surface area contributed by atoms with Crippen LogP contribution in [0.15, 0.2) is 69.4 Å². The van der Waals surface area contributed by atoms with Crippen LogP contribution in [0.1, 0.15) is 5.69 Å². The number of fused-ring (bicyclic) bond motifs is 1. The summed E-state index contributed by atoms with van der Waals surface area (Å²) in [4.78, 5) is 56.0. The first-order chi connectivity index (χ1) is 21.2. The maximum Gasteiger partial charge on any atom is 0.321 e. The summed E-state index contributed by atoms with van der Waals surface area (Å²) < 4.78 is 20.0. The molecule has 226 valence electrons. The number of hydrazone groups is 1. The molecule has 1 fully saturated rings. The van der Waals surface area contributed by atoms with Crippen molar-refractivity contribution in [3.63, 3.8) is 0 Å². The summed E-state index contributed by atoms with van der Waals surface area (Å²) >= 11 is 7.32. The molecule has 3 atom stereocenters. The van der Waals surface area contributed by atoms with Crippen LogP contribution in [0.25, 0.3) is 11.1 Å². The van der Waals surface area contributed by atoms with Crippen LogP contribution in [-0.2, 0) is 20.9 Å². The summed E-state index contributed by atoms with van der Waals surface area (Å²) in [6.45, 7) is -0.0506. The van der Waals surface area contributed by atoms with Gasteiger partial charge in [-0.05, 0) is 12.1 Å². The minimum atomic E-state index is -0.818.